The fraction of sp³-hybridized carbons (Fsp3) is 0.583. The van der Waals surface area contributed by atoms with E-state index in [4.69, 9.17) is 10.5 Å². The van der Waals surface area contributed by atoms with E-state index >= 15 is 0 Å². The van der Waals surface area contributed by atoms with Gasteiger partial charge < -0.3 is 30.9 Å². The van der Waals surface area contributed by atoms with E-state index < -0.39 is 42.4 Å². The van der Waals surface area contributed by atoms with E-state index in [0.29, 0.717) is 0 Å². The maximum absolute atomic E-state index is 11.8. The topological polar surface area (TPSA) is 168 Å². The van der Waals surface area contributed by atoms with Crippen LogP contribution in [-0.2, 0) is 4.74 Å². The minimum absolute atomic E-state index is 0.0361. The monoisotopic (exact) mass is 327 g/mol. The van der Waals surface area contributed by atoms with E-state index in [0.717, 1.165) is 4.40 Å². The summed E-state index contributed by atoms with van der Waals surface area (Å²) >= 11 is 0. The molecule has 2 aromatic heterocycles. The molecule has 23 heavy (non-hydrogen) atoms. The number of anilines is 1. The Morgan fingerprint density at radius 1 is 1.35 bits per heavy atom. The molecule has 1 aliphatic heterocycles. The molecule has 1 saturated heterocycles. The van der Waals surface area contributed by atoms with E-state index in [-0.39, 0.29) is 11.7 Å². The van der Waals surface area contributed by atoms with Gasteiger partial charge in [0.15, 0.2) is 6.23 Å². The second-order valence-corrected chi connectivity index (χ2v) is 5.65. The Balaban J connectivity index is 2.15. The van der Waals surface area contributed by atoms with Crippen molar-refractivity contribution in [2.75, 3.05) is 18.9 Å². The van der Waals surface area contributed by atoms with Crippen molar-refractivity contribution in [2.24, 2.45) is 0 Å². The summed E-state index contributed by atoms with van der Waals surface area (Å²) in [7, 11) is 0. The molecule has 11 nitrogen and oxygen atoms in total. The third-order valence-electron chi connectivity index (χ3n) is 4.35. The van der Waals surface area contributed by atoms with Crippen molar-refractivity contribution in [2.45, 2.75) is 30.5 Å². The van der Waals surface area contributed by atoms with Crippen molar-refractivity contribution >= 4 is 11.7 Å². The predicted molar refractivity (Wildman–Crippen MR) is 75.3 cm³/mol. The maximum Gasteiger partial charge on any atom is 0.357 e. The highest BCUT2D eigenvalue weighted by atomic mass is 16.6. The van der Waals surface area contributed by atoms with Gasteiger partial charge in [-0.15, -0.1) is 0 Å². The molecule has 6 N–H and O–H groups in total. The number of aliphatic hydroxyl groups is 4. The van der Waals surface area contributed by atoms with E-state index in [2.05, 4.69) is 9.97 Å². The maximum atomic E-state index is 11.8. The van der Waals surface area contributed by atoms with Gasteiger partial charge in [0.25, 0.3) is 0 Å². The van der Waals surface area contributed by atoms with Gasteiger partial charge >= 0.3 is 5.69 Å². The van der Waals surface area contributed by atoms with Crippen LogP contribution >= 0.6 is 0 Å². The Morgan fingerprint density at radius 3 is 2.57 bits per heavy atom. The van der Waals surface area contributed by atoms with Crippen LogP contribution in [0.3, 0.4) is 0 Å². The van der Waals surface area contributed by atoms with E-state index in [9.17, 15) is 25.2 Å². The van der Waals surface area contributed by atoms with Crippen molar-refractivity contribution in [3.8, 4) is 0 Å². The van der Waals surface area contributed by atoms with Gasteiger partial charge in [0, 0.05) is 12.4 Å². The molecule has 1 aliphatic rings. The molecule has 0 spiro atoms. The number of rotatable bonds is 3. The number of hydrogen-bond acceptors (Lipinski definition) is 9. The lowest BCUT2D eigenvalue weighted by molar-refractivity contribution is -0.180. The van der Waals surface area contributed by atoms with Gasteiger partial charge in [-0.3, -0.25) is 4.57 Å². The fourth-order valence-electron chi connectivity index (χ4n) is 2.75. The van der Waals surface area contributed by atoms with Crippen molar-refractivity contribution in [3.05, 3.63) is 22.9 Å². The lowest BCUT2D eigenvalue weighted by Crippen LogP contribution is -2.58. The summed E-state index contributed by atoms with van der Waals surface area (Å²) in [6, 6.07) is 0. The molecule has 0 aliphatic carbocycles. The summed E-state index contributed by atoms with van der Waals surface area (Å²) in [5.74, 6) is -0.223. The van der Waals surface area contributed by atoms with E-state index in [1.54, 1.807) is 0 Å². The number of aliphatic hydroxyl groups excluding tert-OH is 3. The standard InChI is InChI=1S/C12H17N5O6/c1-11(22)6(20)7(23-12(11,4-18)5-19)16-2-3-17-9(16)14-8(13)15-10(17)21/h2-3,6-7,18-20,22H,4-5H2,1H3,(H2,13,15,21). The SMILES string of the molecule is CC1(O)C(O)C(n2ccn3c(=O)nc(N)nc23)OC1(CO)CO. The first-order valence-corrected chi connectivity index (χ1v) is 6.80. The summed E-state index contributed by atoms with van der Waals surface area (Å²) in [4.78, 5) is 19.2. The normalized spacial score (nSPS) is 30.1. The molecular weight excluding hydrogens is 310 g/mol. The van der Waals surface area contributed by atoms with Gasteiger partial charge in [-0.2, -0.15) is 9.97 Å². The molecule has 3 atom stereocenters. The number of nitrogens with two attached hydrogens (primary N) is 1. The number of ether oxygens (including phenoxy) is 1. The zero-order chi connectivity index (χ0) is 17.0. The Kier molecular flexibility index (Phi) is 3.42. The third-order valence-corrected chi connectivity index (χ3v) is 4.35. The minimum atomic E-state index is -1.94. The molecule has 0 radical (unpaired) electrons. The molecule has 3 heterocycles. The molecule has 2 aromatic rings. The van der Waals surface area contributed by atoms with Crippen LogP contribution in [0.5, 0.6) is 0 Å². The molecule has 0 aromatic carbocycles. The third kappa shape index (κ3) is 1.98. The van der Waals surface area contributed by atoms with Gasteiger partial charge in [0.05, 0.1) is 13.2 Å². The average molecular weight is 327 g/mol. The lowest BCUT2D eigenvalue weighted by Gasteiger charge is -2.35. The summed E-state index contributed by atoms with van der Waals surface area (Å²) in [6.45, 7) is -0.202. The van der Waals surface area contributed by atoms with Crippen molar-refractivity contribution in [1.82, 2.24) is 18.9 Å². The highest BCUT2D eigenvalue weighted by Crippen LogP contribution is 2.44. The fourth-order valence-corrected chi connectivity index (χ4v) is 2.75. The second-order valence-electron chi connectivity index (χ2n) is 5.65. The number of aromatic nitrogens is 4. The van der Waals surface area contributed by atoms with Gasteiger partial charge in [0.2, 0.25) is 11.7 Å². The molecule has 1 fully saturated rings. The summed E-state index contributed by atoms with van der Waals surface area (Å²) in [5, 5.41) is 39.9. The van der Waals surface area contributed by atoms with Crippen LogP contribution in [0.15, 0.2) is 17.2 Å². The van der Waals surface area contributed by atoms with Crippen molar-refractivity contribution < 1.29 is 25.2 Å². The highest BCUT2D eigenvalue weighted by Gasteiger charge is 2.62. The van der Waals surface area contributed by atoms with E-state index in [1.807, 2.05) is 0 Å². The molecule has 3 rings (SSSR count). The van der Waals surface area contributed by atoms with Gasteiger partial charge in [-0.05, 0) is 6.92 Å². The molecular formula is C12H17N5O6. The Hall–Kier alpha value is -2.05. The van der Waals surface area contributed by atoms with Crippen LogP contribution in [-0.4, -0.2) is 69.9 Å². The minimum Gasteiger partial charge on any atom is -0.393 e. The van der Waals surface area contributed by atoms with Crippen LogP contribution in [0.1, 0.15) is 13.2 Å². The summed E-state index contributed by atoms with van der Waals surface area (Å²) < 4.78 is 7.91. The number of fused-ring (bicyclic) bond motifs is 1. The zero-order valence-corrected chi connectivity index (χ0v) is 12.2. The smallest absolute Gasteiger partial charge is 0.357 e. The van der Waals surface area contributed by atoms with Crippen molar-refractivity contribution in [3.63, 3.8) is 0 Å². The zero-order valence-electron chi connectivity index (χ0n) is 12.2. The number of nitrogen functional groups attached to an aromatic ring is 1. The Labute approximate surface area is 129 Å². The molecule has 0 amide bonds. The van der Waals surface area contributed by atoms with Crippen LogP contribution in [0, 0.1) is 0 Å². The first kappa shape index (κ1) is 15.8. The number of hydrogen-bond donors (Lipinski definition) is 5. The van der Waals surface area contributed by atoms with Gasteiger partial charge in [-0.1, -0.05) is 0 Å². The molecule has 3 unspecified atom stereocenters. The molecule has 0 saturated carbocycles. The summed E-state index contributed by atoms with van der Waals surface area (Å²) in [5.41, 5.74) is 1.07. The molecule has 0 bridgehead atoms. The van der Waals surface area contributed by atoms with Crippen molar-refractivity contribution in [1.29, 1.82) is 0 Å². The van der Waals surface area contributed by atoms with Crippen LogP contribution in [0.2, 0.25) is 0 Å². The Bertz CT molecular complexity index is 795. The van der Waals surface area contributed by atoms with Gasteiger partial charge in [0.1, 0.15) is 17.3 Å². The molecule has 11 heteroatoms. The lowest BCUT2D eigenvalue weighted by atomic mass is 9.83. The number of imidazole rings is 1. The van der Waals surface area contributed by atoms with Crippen LogP contribution in [0.25, 0.3) is 5.78 Å². The van der Waals surface area contributed by atoms with Gasteiger partial charge in [-0.25, -0.2) is 9.20 Å². The highest BCUT2D eigenvalue weighted by molar-refractivity contribution is 5.35. The summed E-state index contributed by atoms with van der Waals surface area (Å²) in [6.07, 6.45) is 0.0201. The predicted octanol–water partition coefficient (Wildman–Crippen LogP) is -3.16. The average Bonchev–Trinajstić information content (AvgIpc) is 2.99. The first-order valence-electron chi connectivity index (χ1n) is 6.80. The second kappa shape index (κ2) is 4.97. The Morgan fingerprint density at radius 2 is 2.00 bits per heavy atom. The quantitative estimate of drug-likeness (QED) is 0.390. The van der Waals surface area contributed by atoms with Crippen LogP contribution in [0.4, 0.5) is 5.95 Å². The largest absolute Gasteiger partial charge is 0.393 e. The van der Waals surface area contributed by atoms with Crippen LogP contribution < -0.4 is 11.4 Å². The molecule has 126 valence electrons. The van der Waals surface area contributed by atoms with E-state index in [1.165, 1.54) is 23.9 Å². The number of nitrogens with zero attached hydrogens (tertiary/aromatic N) is 4. The first-order chi connectivity index (χ1) is 10.8.